The first-order valence-electron chi connectivity index (χ1n) is 8.66. The Labute approximate surface area is 142 Å². The molecule has 24 heavy (non-hydrogen) atoms. The Morgan fingerprint density at radius 3 is 2.92 bits per heavy atom. The van der Waals surface area contributed by atoms with E-state index < -0.39 is 11.6 Å². The van der Waals surface area contributed by atoms with Crippen molar-refractivity contribution < 1.29 is 14.6 Å². The monoisotopic (exact) mass is 327 g/mol. The average molecular weight is 327 g/mol. The van der Waals surface area contributed by atoms with Crippen LogP contribution in [0.25, 0.3) is 10.9 Å². The third-order valence-corrected chi connectivity index (χ3v) is 5.22. The Balaban J connectivity index is 2.28. The summed E-state index contributed by atoms with van der Waals surface area (Å²) in [4.78, 5) is 15.0. The van der Waals surface area contributed by atoms with Crippen LogP contribution in [0.5, 0.6) is 0 Å². The topological polar surface area (TPSA) is 62.3 Å². The van der Waals surface area contributed by atoms with Gasteiger partial charge in [-0.05, 0) is 30.4 Å². The number of H-pyrrole nitrogens is 1. The van der Waals surface area contributed by atoms with E-state index in [1.165, 1.54) is 16.5 Å². The molecule has 0 saturated carbocycles. The maximum absolute atomic E-state index is 11.5. The van der Waals surface area contributed by atoms with E-state index in [0.717, 1.165) is 24.1 Å². The number of allylic oxidation sites excluding steroid dienone is 1. The van der Waals surface area contributed by atoms with Crippen LogP contribution in [-0.2, 0) is 21.6 Å². The first-order valence-corrected chi connectivity index (χ1v) is 8.66. The smallest absolute Gasteiger partial charge is 0.306 e. The van der Waals surface area contributed by atoms with Gasteiger partial charge in [-0.25, -0.2) is 0 Å². The van der Waals surface area contributed by atoms with Crippen LogP contribution in [0.2, 0.25) is 0 Å². The Kier molecular flexibility index (Phi) is 4.50. The molecule has 2 unspecified atom stereocenters. The number of benzene rings is 1. The molecule has 0 spiro atoms. The van der Waals surface area contributed by atoms with Crippen molar-refractivity contribution in [3.63, 3.8) is 0 Å². The number of aryl methyl sites for hydroxylation is 1. The van der Waals surface area contributed by atoms with Gasteiger partial charge in [-0.3, -0.25) is 4.79 Å². The van der Waals surface area contributed by atoms with Crippen LogP contribution >= 0.6 is 0 Å². The summed E-state index contributed by atoms with van der Waals surface area (Å²) in [7, 11) is 0. The van der Waals surface area contributed by atoms with Crippen molar-refractivity contribution in [2.24, 2.45) is 0 Å². The molecule has 2 heterocycles. The van der Waals surface area contributed by atoms with Crippen LogP contribution in [0.15, 0.2) is 30.9 Å². The number of fused-ring (bicyclic) bond motifs is 3. The van der Waals surface area contributed by atoms with Crippen LogP contribution in [0, 0.1) is 0 Å². The summed E-state index contributed by atoms with van der Waals surface area (Å²) in [6.45, 7) is 8.53. The van der Waals surface area contributed by atoms with Crippen molar-refractivity contribution >= 4 is 16.9 Å². The lowest BCUT2D eigenvalue weighted by atomic mass is 9.81. The third kappa shape index (κ3) is 2.55. The minimum Gasteiger partial charge on any atom is -0.481 e. The predicted molar refractivity (Wildman–Crippen MR) is 95.4 cm³/mol. The second-order valence-corrected chi connectivity index (χ2v) is 6.56. The lowest BCUT2D eigenvalue weighted by Gasteiger charge is -2.39. The van der Waals surface area contributed by atoms with Crippen molar-refractivity contribution in [2.75, 3.05) is 6.61 Å². The molecule has 0 aliphatic carbocycles. The van der Waals surface area contributed by atoms with Crippen LogP contribution < -0.4 is 0 Å². The number of carbonyl (C=O) groups is 1. The van der Waals surface area contributed by atoms with Crippen LogP contribution in [0.1, 0.15) is 55.8 Å². The van der Waals surface area contributed by atoms with E-state index in [1.807, 2.05) is 13.0 Å². The highest BCUT2D eigenvalue weighted by atomic mass is 16.5. The van der Waals surface area contributed by atoms with Gasteiger partial charge in [-0.15, -0.1) is 6.58 Å². The standard InChI is InChI=1S/C20H25NO3/c1-4-8-14-12-24-20(6-3,11-16(22)23)19-17(14)15-10-7-9-13(5-2)18(15)21-19/h4,7,9-10,14,21H,1,5-6,8,11-12H2,2-3H3,(H,22,23). The molecule has 2 aromatic rings. The molecule has 1 aliphatic rings. The normalized spacial score (nSPS) is 23.2. The number of rotatable bonds is 6. The van der Waals surface area contributed by atoms with Crippen molar-refractivity contribution in [1.82, 2.24) is 4.98 Å². The fourth-order valence-electron chi connectivity index (χ4n) is 3.97. The van der Waals surface area contributed by atoms with Gasteiger partial charge in [-0.2, -0.15) is 0 Å². The number of aliphatic carboxylic acids is 1. The average Bonchev–Trinajstić information content (AvgIpc) is 2.97. The fraction of sp³-hybridized carbons (Fsp3) is 0.450. The number of para-hydroxylation sites is 1. The lowest BCUT2D eigenvalue weighted by molar-refractivity contribution is -0.149. The van der Waals surface area contributed by atoms with Crippen LogP contribution in [0.4, 0.5) is 0 Å². The van der Waals surface area contributed by atoms with E-state index in [1.54, 1.807) is 0 Å². The number of aromatic nitrogens is 1. The summed E-state index contributed by atoms with van der Waals surface area (Å²) in [5, 5.41) is 10.6. The van der Waals surface area contributed by atoms with Crippen LogP contribution in [-0.4, -0.2) is 22.7 Å². The molecule has 0 saturated heterocycles. The van der Waals surface area contributed by atoms with E-state index in [0.29, 0.717) is 13.0 Å². The molecule has 3 rings (SSSR count). The lowest BCUT2D eigenvalue weighted by Crippen LogP contribution is -2.38. The molecule has 128 valence electrons. The molecular weight excluding hydrogens is 302 g/mol. The van der Waals surface area contributed by atoms with Gasteiger partial charge in [0.25, 0.3) is 0 Å². The maximum Gasteiger partial charge on any atom is 0.306 e. The first-order chi connectivity index (χ1) is 11.6. The number of hydrogen-bond acceptors (Lipinski definition) is 2. The molecular formula is C20H25NO3. The molecule has 0 bridgehead atoms. The van der Waals surface area contributed by atoms with E-state index >= 15 is 0 Å². The fourth-order valence-corrected chi connectivity index (χ4v) is 3.97. The van der Waals surface area contributed by atoms with Crippen molar-refractivity contribution in [3.8, 4) is 0 Å². The van der Waals surface area contributed by atoms with Crippen molar-refractivity contribution in [2.45, 2.75) is 51.0 Å². The highest BCUT2D eigenvalue weighted by molar-refractivity contribution is 5.89. The molecule has 0 amide bonds. The zero-order valence-corrected chi connectivity index (χ0v) is 14.4. The molecule has 2 N–H and O–H groups in total. The van der Waals surface area contributed by atoms with E-state index in [4.69, 9.17) is 4.74 Å². The SMILES string of the molecule is C=CCC1COC(CC)(CC(=O)O)c2[nH]c3c(CC)cccc3c21. The summed E-state index contributed by atoms with van der Waals surface area (Å²) in [6.07, 6.45) is 4.27. The second-order valence-electron chi connectivity index (χ2n) is 6.56. The molecule has 4 nitrogen and oxygen atoms in total. The zero-order chi connectivity index (χ0) is 17.3. The molecule has 1 aromatic carbocycles. The minimum atomic E-state index is -0.834. The molecule has 4 heteroatoms. The van der Waals surface area contributed by atoms with Crippen molar-refractivity contribution in [3.05, 3.63) is 47.7 Å². The summed E-state index contributed by atoms with van der Waals surface area (Å²) < 4.78 is 6.16. The quantitative estimate of drug-likeness (QED) is 0.768. The molecule has 1 aliphatic heterocycles. The summed E-state index contributed by atoms with van der Waals surface area (Å²) in [5.41, 5.74) is 3.76. The largest absolute Gasteiger partial charge is 0.481 e. The summed E-state index contributed by atoms with van der Waals surface area (Å²) in [6, 6.07) is 6.34. The van der Waals surface area contributed by atoms with E-state index in [-0.39, 0.29) is 12.3 Å². The third-order valence-electron chi connectivity index (χ3n) is 5.22. The van der Waals surface area contributed by atoms with Crippen LogP contribution in [0.3, 0.4) is 0 Å². The first kappa shape index (κ1) is 16.8. The van der Waals surface area contributed by atoms with E-state index in [2.05, 4.69) is 36.7 Å². The summed E-state index contributed by atoms with van der Waals surface area (Å²) >= 11 is 0. The van der Waals surface area contributed by atoms with Gasteiger partial charge in [0.15, 0.2) is 0 Å². The van der Waals surface area contributed by atoms with Gasteiger partial charge in [-0.1, -0.05) is 38.1 Å². The number of carboxylic acid groups (broad SMARTS) is 1. The van der Waals surface area contributed by atoms with Gasteiger partial charge >= 0.3 is 5.97 Å². The Hall–Kier alpha value is -2.07. The maximum atomic E-state index is 11.5. The molecule has 1 aromatic heterocycles. The van der Waals surface area contributed by atoms with Gasteiger partial charge in [0.05, 0.1) is 18.7 Å². The van der Waals surface area contributed by atoms with Crippen molar-refractivity contribution in [1.29, 1.82) is 0 Å². The molecule has 0 fully saturated rings. The number of carboxylic acids is 1. The molecule has 0 radical (unpaired) electrons. The highest BCUT2D eigenvalue weighted by Gasteiger charge is 2.43. The predicted octanol–water partition coefficient (Wildman–Crippen LogP) is 4.50. The Bertz CT molecular complexity index is 777. The Morgan fingerprint density at radius 1 is 1.50 bits per heavy atom. The number of nitrogens with one attached hydrogen (secondary N) is 1. The number of hydrogen-bond donors (Lipinski definition) is 2. The second kappa shape index (κ2) is 6.44. The van der Waals surface area contributed by atoms with Gasteiger partial charge in [0, 0.05) is 16.8 Å². The van der Waals surface area contributed by atoms with Gasteiger partial charge < -0.3 is 14.8 Å². The van der Waals surface area contributed by atoms with Gasteiger partial charge in [0.1, 0.15) is 5.60 Å². The summed E-state index contributed by atoms with van der Waals surface area (Å²) in [5.74, 6) is -0.619. The van der Waals surface area contributed by atoms with E-state index in [9.17, 15) is 9.90 Å². The van der Waals surface area contributed by atoms with Gasteiger partial charge in [0.2, 0.25) is 0 Å². The Morgan fingerprint density at radius 2 is 2.29 bits per heavy atom. The number of ether oxygens (including phenoxy) is 1. The zero-order valence-electron chi connectivity index (χ0n) is 14.4. The highest BCUT2D eigenvalue weighted by Crippen LogP contribution is 2.47. The number of aromatic amines is 1. The molecule has 2 atom stereocenters. The minimum absolute atomic E-state index is 0.0222.